The molecule has 0 aliphatic heterocycles. The number of halogens is 3. The fraction of sp³-hybridized carbons (Fsp3) is 0.167. The van der Waals surface area contributed by atoms with Crippen LogP contribution in [-0.2, 0) is 0 Å². The zero-order valence-electron chi connectivity index (χ0n) is 14.3. The molecule has 0 atom stereocenters. The SMILES string of the molecule is Cc1cc(OCCOc2c(Cl)cc(Cl)cc2C=Nn2cnnc2)ccc1Cl. The lowest BCUT2D eigenvalue weighted by atomic mass is 10.2. The number of ether oxygens (including phenoxy) is 2. The van der Waals surface area contributed by atoms with Gasteiger partial charge >= 0.3 is 0 Å². The summed E-state index contributed by atoms with van der Waals surface area (Å²) >= 11 is 18.4. The molecule has 0 fully saturated rings. The Balaban J connectivity index is 1.65. The minimum absolute atomic E-state index is 0.288. The van der Waals surface area contributed by atoms with Gasteiger partial charge in [-0.3, -0.25) is 0 Å². The zero-order chi connectivity index (χ0) is 19.2. The van der Waals surface area contributed by atoms with Gasteiger partial charge in [0.25, 0.3) is 0 Å². The summed E-state index contributed by atoms with van der Waals surface area (Å²) in [5, 5.41) is 13.1. The molecule has 0 unspecified atom stereocenters. The van der Waals surface area contributed by atoms with E-state index in [1.165, 1.54) is 17.3 Å². The van der Waals surface area contributed by atoms with Crippen LogP contribution in [0, 0.1) is 6.92 Å². The number of hydrogen-bond acceptors (Lipinski definition) is 5. The highest BCUT2D eigenvalue weighted by molar-refractivity contribution is 6.36. The average molecular weight is 426 g/mol. The molecule has 0 spiro atoms. The van der Waals surface area contributed by atoms with Gasteiger partial charge in [-0.1, -0.05) is 34.8 Å². The Morgan fingerprint density at radius 1 is 1.00 bits per heavy atom. The number of rotatable bonds is 7. The topological polar surface area (TPSA) is 61.5 Å². The Morgan fingerprint density at radius 3 is 2.48 bits per heavy atom. The summed E-state index contributed by atoms with van der Waals surface area (Å²) in [6.07, 6.45) is 4.50. The minimum Gasteiger partial charge on any atom is -0.490 e. The van der Waals surface area contributed by atoms with Crippen molar-refractivity contribution in [1.82, 2.24) is 14.9 Å². The van der Waals surface area contributed by atoms with Crippen LogP contribution in [0.4, 0.5) is 0 Å². The fourth-order valence-electron chi connectivity index (χ4n) is 2.22. The Bertz CT molecular complexity index is 946. The van der Waals surface area contributed by atoms with Gasteiger partial charge in [-0.15, -0.1) is 10.2 Å². The molecular formula is C18H15Cl3N4O2. The second-order valence-electron chi connectivity index (χ2n) is 5.50. The van der Waals surface area contributed by atoms with E-state index in [1.54, 1.807) is 24.4 Å². The number of benzene rings is 2. The highest BCUT2D eigenvalue weighted by Crippen LogP contribution is 2.31. The van der Waals surface area contributed by atoms with E-state index in [4.69, 9.17) is 44.3 Å². The normalized spacial score (nSPS) is 11.1. The van der Waals surface area contributed by atoms with Crippen LogP contribution in [0.15, 0.2) is 48.1 Å². The van der Waals surface area contributed by atoms with Crippen molar-refractivity contribution in [3.8, 4) is 11.5 Å². The van der Waals surface area contributed by atoms with Gasteiger partial charge in [0.2, 0.25) is 0 Å². The molecule has 6 nitrogen and oxygen atoms in total. The lowest BCUT2D eigenvalue weighted by molar-refractivity contribution is 0.217. The van der Waals surface area contributed by atoms with Crippen LogP contribution in [0.1, 0.15) is 11.1 Å². The maximum atomic E-state index is 6.27. The second-order valence-corrected chi connectivity index (χ2v) is 6.75. The van der Waals surface area contributed by atoms with Crippen molar-refractivity contribution in [2.45, 2.75) is 6.92 Å². The van der Waals surface area contributed by atoms with Crippen LogP contribution in [0.25, 0.3) is 0 Å². The zero-order valence-corrected chi connectivity index (χ0v) is 16.5. The van der Waals surface area contributed by atoms with Gasteiger partial charge in [0.05, 0.1) is 11.2 Å². The molecule has 0 amide bonds. The van der Waals surface area contributed by atoms with Crippen LogP contribution < -0.4 is 9.47 Å². The number of aromatic nitrogens is 3. The second kappa shape index (κ2) is 9.08. The third-order valence-electron chi connectivity index (χ3n) is 3.50. The van der Waals surface area contributed by atoms with Crippen LogP contribution in [-0.4, -0.2) is 34.3 Å². The molecule has 0 saturated carbocycles. The Morgan fingerprint density at radius 2 is 1.74 bits per heavy atom. The van der Waals surface area contributed by atoms with E-state index in [0.717, 1.165) is 11.3 Å². The van der Waals surface area contributed by atoms with Gasteiger partial charge in [0.15, 0.2) is 0 Å². The monoisotopic (exact) mass is 424 g/mol. The van der Waals surface area contributed by atoms with Crippen molar-refractivity contribution in [1.29, 1.82) is 0 Å². The molecular weight excluding hydrogens is 411 g/mol. The number of hydrogen-bond donors (Lipinski definition) is 0. The lowest BCUT2D eigenvalue weighted by Crippen LogP contribution is -2.10. The number of aryl methyl sites for hydroxylation is 1. The van der Waals surface area contributed by atoms with Crippen molar-refractivity contribution in [2.75, 3.05) is 13.2 Å². The molecule has 0 aliphatic carbocycles. The van der Waals surface area contributed by atoms with Gasteiger partial charge < -0.3 is 9.47 Å². The molecule has 0 aliphatic rings. The molecule has 140 valence electrons. The van der Waals surface area contributed by atoms with E-state index < -0.39 is 0 Å². The molecule has 0 bridgehead atoms. The highest BCUT2D eigenvalue weighted by Gasteiger charge is 2.10. The molecule has 3 aromatic rings. The molecule has 27 heavy (non-hydrogen) atoms. The third kappa shape index (κ3) is 5.35. The van der Waals surface area contributed by atoms with Gasteiger partial charge in [0, 0.05) is 15.6 Å². The van der Waals surface area contributed by atoms with Crippen LogP contribution in [0.3, 0.4) is 0 Å². The first kappa shape index (κ1) is 19.5. The number of nitrogens with zero attached hydrogens (tertiary/aromatic N) is 4. The summed E-state index contributed by atoms with van der Waals surface area (Å²) in [5.41, 5.74) is 1.58. The summed E-state index contributed by atoms with van der Waals surface area (Å²) in [5.74, 6) is 1.19. The first-order chi connectivity index (χ1) is 13.0. The molecule has 1 heterocycles. The molecule has 3 rings (SSSR count). The molecule has 2 aromatic carbocycles. The standard InChI is InChI=1S/C18H15Cl3N4O2/c1-12-6-15(2-3-16(12)20)26-4-5-27-18-13(7-14(19)8-17(18)21)9-24-25-10-22-23-11-25/h2-3,6-11H,4-5H2,1H3. The third-order valence-corrected chi connectivity index (χ3v) is 4.42. The highest BCUT2D eigenvalue weighted by atomic mass is 35.5. The van der Waals surface area contributed by atoms with Crippen molar-refractivity contribution in [3.05, 3.63) is 69.2 Å². The Kier molecular flexibility index (Phi) is 6.55. The molecule has 0 radical (unpaired) electrons. The van der Waals surface area contributed by atoms with E-state index in [1.807, 2.05) is 19.1 Å². The van der Waals surface area contributed by atoms with Crippen LogP contribution in [0.5, 0.6) is 11.5 Å². The first-order valence-corrected chi connectivity index (χ1v) is 9.06. The molecule has 9 heteroatoms. The van der Waals surface area contributed by atoms with Crippen molar-refractivity contribution >= 4 is 41.0 Å². The summed E-state index contributed by atoms with van der Waals surface area (Å²) in [7, 11) is 0. The van der Waals surface area contributed by atoms with Gasteiger partial charge in [0.1, 0.15) is 37.4 Å². The summed E-state index contributed by atoms with van der Waals surface area (Å²) < 4.78 is 12.9. The smallest absolute Gasteiger partial charge is 0.147 e. The average Bonchev–Trinajstić information content (AvgIpc) is 3.14. The van der Waals surface area contributed by atoms with Gasteiger partial charge in [-0.05, 0) is 42.8 Å². The molecule has 0 N–H and O–H groups in total. The predicted molar refractivity (Wildman–Crippen MR) is 107 cm³/mol. The fourth-order valence-corrected chi connectivity index (χ4v) is 2.90. The minimum atomic E-state index is 0.288. The first-order valence-electron chi connectivity index (χ1n) is 7.92. The Hall–Kier alpha value is -2.28. The maximum Gasteiger partial charge on any atom is 0.147 e. The predicted octanol–water partition coefficient (Wildman–Crippen LogP) is 4.89. The van der Waals surface area contributed by atoms with Crippen molar-refractivity contribution in [3.63, 3.8) is 0 Å². The van der Waals surface area contributed by atoms with Crippen molar-refractivity contribution < 1.29 is 9.47 Å². The van der Waals surface area contributed by atoms with E-state index in [2.05, 4.69) is 15.3 Å². The molecule has 1 aromatic heterocycles. The largest absolute Gasteiger partial charge is 0.490 e. The van der Waals surface area contributed by atoms with Crippen LogP contribution in [0.2, 0.25) is 15.1 Å². The molecule has 0 saturated heterocycles. The lowest BCUT2D eigenvalue weighted by Gasteiger charge is -2.13. The van der Waals surface area contributed by atoms with E-state index in [9.17, 15) is 0 Å². The van der Waals surface area contributed by atoms with E-state index in [-0.39, 0.29) is 6.61 Å². The summed E-state index contributed by atoms with van der Waals surface area (Å²) in [6, 6.07) is 8.79. The van der Waals surface area contributed by atoms with Crippen molar-refractivity contribution in [2.24, 2.45) is 5.10 Å². The van der Waals surface area contributed by atoms with E-state index >= 15 is 0 Å². The quantitative estimate of drug-likeness (QED) is 0.399. The van der Waals surface area contributed by atoms with E-state index in [0.29, 0.717) is 33.0 Å². The summed E-state index contributed by atoms with van der Waals surface area (Å²) in [6.45, 7) is 2.54. The van der Waals surface area contributed by atoms with Crippen LogP contribution >= 0.6 is 34.8 Å². The summed E-state index contributed by atoms with van der Waals surface area (Å²) in [4.78, 5) is 0. The van der Waals surface area contributed by atoms with Gasteiger partial charge in [-0.25, -0.2) is 4.68 Å². The van der Waals surface area contributed by atoms with Gasteiger partial charge in [-0.2, -0.15) is 5.10 Å². The Labute approximate surface area is 171 Å². The maximum absolute atomic E-state index is 6.27.